The van der Waals surface area contributed by atoms with Crippen molar-refractivity contribution in [2.45, 2.75) is 44.0 Å². The molecule has 158 valence electrons. The van der Waals surface area contributed by atoms with Crippen molar-refractivity contribution >= 4 is 21.7 Å². The molecule has 7 nitrogen and oxygen atoms in total. The minimum absolute atomic E-state index is 0.0639. The molecular weight excluding hydrogens is 392 g/mol. The van der Waals surface area contributed by atoms with Crippen LogP contribution in [0.1, 0.15) is 42.6 Å². The molecule has 2 aromatic rings. The van der Waals surface area contributed by atoms with Gasteiger partial charge in [0, 0.05) is 18.3 Å². The van der Waals surface area contributed by atoms with Crippen molar-refractivity contribution in [1.29, 1.82) is 0 Å². The van der Waals surface area contributed by atoms with Gasteiger partial charge in [-0.05, 0) is 55.7 Å². The van der Waals surface area contributed by atoms with Crippen LogP contribution < -0.4 is 14.8 Å². The summed E-state index contributed by atoms with van der Waals surface area (Å²) in [6, 6.07) is 11.6. The van der Waals surface area contributed by atoms with Crippen LogP contribution in [-0.4, -0.2) is 39.2 Å². The highest BCUT2D eigenvalue weighted by atomic mass is 32.2. The second-order valence-electron chi connectivity index (χ2n) is 6.84. The van der Waals surface area contributed by atoms with Crippen LogP contribution in [0.4, 0.5) is 5.69 Å². The number of anilines is 1. The Morgan fingerprint density at radius 3 is 2.45 bits per heavy atom. The number of ether oxygens (including phenoxy) is 1. The molecule has 2 aromatic carbocycles. The third-order valence-electron chi connectivity index (χ3n) is 4.52. The Balaban J connectivity index is 2.10. The standard InChI is InChI=1S/C21H28N2O5S/c1-4-5-15(2)23-20-11-10-18(14-19(20)21(24)25)29(26,27)22-13-12-16-6-8-17(28-3)9-7-16/h6-11,14-15,22-23H,4-5,12-13H2,1-3H3,(H,24,25). The molecular formula is C21H28N2O5S. The lowest BCUT2D eigenvalue weighted by atomic mass is 10.1. The van der Waals surface area contributed by atoms with E-state index in [0.29, 0.717) is 12.1 Å². The van der Waals surface area contributed by atoms with E-state index in [1.54, 1.807) is 7.11 Å². The van der Waals surface area contributed by atoms with Gasteiger partial charge in [0.05, 0.1) is 17.6 Å². The number of rotatable bonds is 11. The number of hydrogen-bond acceptors (Lipinski definition) is 5. The summed E-state index contributed by atoms with van der Waals surface area (Å²) in [6.07, 6.45) is 2.34. The van der Waals surface area contributed by atoms with Gasteiger partial charge in [-0.25, -0.2) is 17.9 Å². The topological polar surface area (TPSA) is 105 Å². The summed E-state index contributed by atoms with van der Waals surface area (Å²) in [7, 11) is -2.24. The third kappa shape index (κ3) is 6.47. The molecule has 0 heterocycles. The Hall–Kier alpha value is -2.58. The van der Waals surface area contributed by atoms with Crippen molar-refractivity contribution in [3.8, 4) is 5.75 Å². The van der Waals surface area contributed by atoms with Gasteiger partial charge in [0.15, 0.2) is 0 Å². The summed E-state index contributed by atoms with van der Waals surface area (Å²) < 4.78 is 32.8. The lowest BCUT2D eigenvalue weighted by molar-refractivity contribution is 0.0697. The minimum atomic E-state index is -3.82. The second-order valence-corrected chi connectivity index (χ2v) is 8.61. The number of carboxylic acid groups (broad SMARTS) is 1. The lowest BCUT2D eigenvalue weighted by Crippen LogP contribution is -2.26. The minimum Gasteiger partial charge on any atom is -0.497 e. The number of nitrogens with one attached hydrogen (secondary N) is 2. The maximum atomic E-state index is 12.6. The number of carboxylic acids is 1. The number of methoxy groups -OCH3 is 1. The van der Waals surface area contributed by atoms with Gasteiger partial charge in [-0.2, -0.15) is 0 Å². The molecule has 29 heavy (non-hydrogen) atoms. The van der Waals surface area contributed by atoms with Crippen LogP contribution in [0.25, 0.3) is 0 Å². The Kier molecular flexibility index (Phi) is 8.04. The van der Waals surface area contributed by atoms with Gasteiger partial charge in [0.2, 0.25) is 10.0 Å². The summed E-state index contributed by atoms with van der Waals surface area (Å²) in [5, 5.41) is 12.6. The van der Waals surface area contributed by atoms with Gasteiger partial charge < -0.3 is 15.2 Å². The molecule has 0 saturated heterocycles. The van der Waals surface area contributed by atoms with Crippen LogP contribution in [0.15, 0.2) is 47.4 Å². The van der Waals surface area contributed by atoms with Gasteiger partial charge in [-0.3, -0.25) is 0 Å². The molecule has 1 atom stereocenters. The molecule has 0 saturated carbocycles. The summed E-state index contributed by atoms with van der Waals surface area (Å²) >= 11 is 0. The molecule has 0 spiro atoms. The van der Waals surface area contributed by atoms with E-state index in [-0.39, 0.29) is 23.0 Å². The second kappa shape index (κ2) is 10.3. The van der Waals surface area contributed by atoms with Crippen molar-refractivity contribution in [2.24, 2.45) is 0 Å². The van der Waals surface area contributed by atoms with E-state index in [9.17, 15) is 18.3 Å². The van der Waals surface area contributed by atoms with E-state index in [4.69, 9.17) is 4.74 Å². The van der Waals surface area contributed by atoms with Gasteiger partial charge in [-0.15, -0.1) is 0 Å². The molecule has 3 N–H and O–H groups in total. The number of sulfonamides is 1. The highest BCUT2D eigenvalue weighted by molar-refractivity contribution is 7.89. The van der Waals surface area contributed by atoms with Crippen LogP contribution in [-0.2, 0) is 16.4 Å². The zero-order chi connectivity index (χ0) is 21.4. The number of aromatic carboxylic acids is 1. The van der Waals surface area contributed by atoms with Crippen LogP contribution in [0.5, 0.6) is 5.75 Å². The van der Waals surface area contributed by atoms with Gasteiger partial charge in [0.1, 0.15) is 5.75 Å². The molecule has 8 heteroatoms. The van der Waals surface area contributed by atoms with E-state index < -0.39 is 16.0 Å². The van der Waals surface area contributed by atoms with E-state index in [2.05, 4.69) is 10.0 Å². The molecule has 0 aromatic heterocycles. The molecule has 2 rings (SSSR count). The summed E-state index contributed by atoms with van der Waals surface area (Å²) in [6.45, 7) is 4.20. The first-order chi connectivity index (χ1) is 13.8. The molecule has 0 radical (unpaired) electrons. The van der Waals surface area contributed by atoms with Crippen molar-refractivity contribution in [2.75, 3.05) is 19.0 Å². The predicted octanol–water partition coefficient (Wildman–Crippen LogP) is 3.51. The van der Waals surface area contributed by atoms with Gasteiger partial charge in [-0.1, -0.05) is 25.5 Å². The maximum Gasteiger partial charge on any atom is 0.337 e. The monoisotopic (exact) mass is 420 g/mol. The van der Waals surface area contributed by atoms with E-state index >= 15 is 0 Å². The van der Waals surface area contributed by atoms with Gasteiger partial charge in [0.25, 0.3) is 0 Å². The third-order valence-corrected chi connectivity index (χ3v) is 5.98. The largest absolute Gasteiger partial charge is 0.497 e. The fraction of sp³-hybridized carbons (Fsp3) is 0.381. The average Bonchev–Trinajstić information content (AvgIpc) is 2.68. The number of benzene rings is 2. The first kappa shape index (κ1) is 22.7. The van der Waals surface area contributed by atoms with Crippen LogP contribution in [0.3, 0.4) is 0 Å². The predicted molar refractivity (Wildman–Crippen MR) is 113 cm³/mol. The van der Waals surface area contributed by atoms with Crippen molar-refractivity contribution in [1.82, 2.24) is 4.72 Å². The highest BCUT2D eigenvalue weighted by Crippen LogP contribution is 2.22. The van der Waals surface area contributed by atoms with Crippen LogP contribution in [0.2, 0.25) is 0 Å². The first-order valence-corrected chi connectivity index (χ1v) is 11.0. The quantitative estimate of drug-likeness (QED) is 0.514. The molecule has 0 bridgehead atoms. The lowest BCUT2D eigenvalue weighted by Gasteiger charge is -2.17. The molecule has 0 aliphatic rings. The molecule has 0 aliphatic carbocycles. The Bertz CT molecular complexity index is 927. The van der Waals surface area contributed by atoms with Gasteiger partial charge >= 0.3 is 5.97 Å². The van der Waals surface area contributed by atoms with Crippen molar-refractivity contribution < 1.29 is 23.1 Å². The van der Waals surface area contributed by atoms with Crippen molar-refractivity contribution in [3.63, 3.8) is 0 Å². The summed E-state index contributed by atoms with van der Waals surface area (Å²) in [5.74, 6) is -0.441. The Labute approximate surface area is 172 Å². The molecule has 0 amide bonds. The Morgan fingerprint density at radius 1 is 1.17 bits per heavy atom. The SMILES string of the molecule is CCCC(C)Nc1ccc(S(=O)(=O)NCCc2ccc(OC)cc2)cc1C(=O)O. The van der Waals surface area contributed by atoms with E-state index in [1.807, 2.05) is 38.1 Å². The molecule has 1 unspecified atom stereocenters. The first-order valence-electron chi connectivity index (χ1n) is 9.53. The average molecular weight is 421 g/mol. The maximum absolute atomic E-state index is 12.6. The highest BCUT2D eigenvalue weighted by Gasteiger charge is 2.19. The molecule has 0 fully saturated rings. The zero-order valence-corrected chi connectivity index (χ0v) is 17.8. The summed E-state index contributed by atoms with van der Waals surface area (Å²) in [4.78, 5) is 11.6. The van der Waals surface area contributed by atoms with Crippen LogP contribution >= 0.6 is 0 Å². The molecule has 0 aliphatic heterocycles. The fourth-order valence-corrected chi connectivity index (χ4v) is 4.03. The smallest absolute Gasteiger partial charge is 0.337 e. The Morgan fingerprint density at radius 2 is 1.86 bits per heavy atom. The summed E-state index contributed by atoms with van der Waals surface area (Å²) in [5.41, 5.74) is 1.31. The normalized spacial score (nSPS) is 12.4. The van der Waals surface area contributed by atoms with E-state index in [1.165, 1.54) is 18.2 Å². The zero-order valence-electron chi connectivity index (χ0n) is 16.9. The van der Waals surface area contributed by atoms with E-state index in [0.717, 1.165) is 24.2 Å². The fourth-order valence-electron chi connectivity index (χ4n) is 2.97. The van der Waals surface area contributed by atoms with Crippen molar-refractivity contribution in [3.05, 3.63) is 53.6 Å². The number of carbonyl (C=O) groups is 1. The number of hydrogen-bond donors (Lipinski definition) is 3. The van der Waals surface area contributed by atoms with Crippen LogP contribution in [0, 0.1) is 0 Å².